The van der Waals surface area contributed by atoms with E-state index in [-0.39, 0.29) is 31.7 Å². The van der Waals surface area contributed by atoms with Gasteiger partial charge >= 0.3 is 5.69 Å². The quantitative estimate of drug-likeness (QED) is 0.188. The third-order valence-electron chi connectivity index (χ3n) is 5.02. The Labute approximate surface area is 211 Å². The number of nitriles is 1. The molecule has 0 amide bonds. The van der Waals surface area contributed by atoms with E-state index in [1.165, 1.54) is 19.4 Å². The molecule has 1 aliphatic heterocycles. The summed E-state index contributed by atoms with van der Waals surface area (Å²) in [5, 5.41) is 8.96. The van der Waals surface area contributed by atoms with E-state index in [9.17, 15) is 18.0 Å². The van der Waals surface area contributed by atoms with E-state index in [1.807, 2.05) is 43.3 Å². The molecule has 1 saturated heterocycles. The molecule has 16 heteroatoms. The highest BCUT2D eigenvalue weighted by atomic mass is 32.2. The zero-order chi connectivity index (χ0) is 27.0. The SMILES string of the molecule is CO[C@@H]1[C@H](OP(OCCC#N)N(C(C)C)C(C)C)[C@@H](CONS(C)(=O)=O)O[C@H]1n1ccc(=O)[nH]c1=O. The Bertz CT molecular complexity index is 1100. The smallest absolute Gasteiger partial charge is 0.330 e. The number of ether oxygens (including phenoxy) is 2. The summed E-state index contributed by atoms with van der Waals surface area (Å²) in [7, 11) is -3.99. The van der Waals surface area contributed by atoms with Crippen LogP contribution in [-0.4, -0.2) is 79.6 Å². The summed E-state index contributed by atoms with van der Waals surface area (Å²) in [5.74, 6) is 0. The summed E-state index contributed by atoms with van der Waals surface area (Å²) in [6.45, 7) is 7.75. The molecule has 14 nitrogen and oxygen atoms in total. The van der Waals surface area contributed by atoms with Crippen LogP contribution < -0.4 is 16.1 Å². The fourth-order valence-electron chi connectivity index (χ4n) is 3.69. The summed E-state index contributed by atoms with van der Waals surface area (Å²) in [4.78, 5) is 33.3. The second-order valence-corrected chi connectivity index (χ2v) is 11.7. The van der Waals surface area contributed by atoms with Crippen molar-refractivity contribution in [1.29, 1.82) is 5.26 Å². The van der Waals surface area contributed by atoms with Gasteiger partial charge in [0.15, 0.2) is 6.23 Å². The highest BCUT2D eigenvalue weighted by molar-refractivity contribution is 7.88. The van der Waals surface area contributed by atoms with E-state index in [2.05, 4.69) is 4.98 Å². The summed E-state index contributed by atoms with van der Waals surface area (Å²) < 4.78 is 50.2. The highest BCUT2D eigenvalue weighted by Gasteiger charge is 2.49. The van der Waals surface area contributed by atoms with Gasteiger partial charge in [0.25, 0.3) is 14.1 Å². The maximum absolute atomic E-state index is 12.5. The van der Waals surface area contributed by atoms with E-state index in [0.717, 1.165) is 10.8 Å². The van der Waals surface area contributed by atoms with Crippen LogP contribution in [-0.2, 0) is 33.4 Å². The average molecular weight is 552 g/mol. The normalized spacial score (nSPS) is 23.4. The second kappa shape index (κ2) is 13.7. The Morgan fingerprint density at radius 1 is 1.28 bits per heavy atom. The Balaban J connectivity index is 2.43. The van der Waals surface area contributed by atoms with Gasteiger partial charge in [-0.2, -0.15) is 5.26 Å². The van der Waals surface area contributed by atoms with Gasteiger partial charge in [0.1, 0.15) is 18.3 Å². The molecule has 0 aromatic carbocycles. The van der Waals surface area contributed by atoms with Crippen molar-refractivity contribution in [3.05, 3.63) is 33.1 Å². The summed E-state index contributed by atoms with van der Waals surface area (Å²) in [5.41, 5.74) is -1.30. The fourth-order valence-corrected chi connectivity index (χ4v) is 5.74. The van der Waals surface area contributed by atoms with Gasteiger partial charge < -0.3 is 18.5 Å². The predicted octanol–water partition coefficient (Wildman–Crippen LogP) is 0.591. The van der Waals surface area contributed by atoms with Crippen LogP contribution in [0.25, 0.3) is 0 Å². The Morgan fingerprint density at radius 2 is 1.94 bits per heavy atom. The zero-order valence-electron chi connectivity index (χ0n) is 21.1. The van der Waals surface area contributed by atoms with Crippen molar-refractivity contribution in [2.45, 2.75) is 70.7 Å². The number of hydrogen-bond donors (Lipinski definition) is 2. The maximum atomic E-state index is 12.5. The van der Waals surface area contributed by atoms with E-state index in [4.69, 9.17) is 28.6 Å². The van der Waals surface area contributed by atoms with Gasteiger partial charge in [0.2, 0.25) is 10.0 Å². The standard InChI is InChI=1S/C20H34N5O9PS/c1-13(2)25(14(3)4)35(32-11-7-9-21)34-17-15(12-31-23-36(6,28)29)33-19(18(17)30-5)24-10-8-16(26)22-20(24)27/h8,10,13-15,17-19,23H,7,11-12H2,1-6H3,(H,22,26,27)/t15-,17-,18-,19-,35?/m1/s1. The predicted molar refractivity (Wildman–Crippen MR) is 130 cm³/mol. The Kier molecular flexibility index (Phi) is 11.6. The van der Waals surface area contributed by atoms with Gasteiger partial charge in [-0.25, -0.2) is 17.9 Å². The van der Waals surface area contributed by atoms with Gasteiger partial charge in [0.05, 0.1) is 32.0 Å². The first-order valence-electron chi connectivity index (χ1n) is 11.2. The van der Waals surface area contributed by atoms with Crippen LogP contribution in [0.4, 0.5) is 0 Å². The summed E-state index contributed by atoms with van der Waals surface area (Å²) >= 11 is 0. The van der Waals surface area contributed by atoms with Crippen LogP contribution in [0, 0.1) is 11.3 Å². The van der Waals surface area contributed by atoms with Crippen molar-refractivity contribution in [1.82, 2.24) is 19.1 Å². The Hall–Kier alpha value is -1.73. The molecule has 2 heterocycles. The molecule has 5 atom stereocenters. The molecular weight excluding hydrogens is 517 g/mol. The lowest BCUT2D eigenvalue weighted by molar-refractivity contribution is -0.0782. The molecule has 0 aliphatic carbocycles. The third kappa shape index (κ3) is 8.41. The number of aromatic nitrogens is 2. The van der Waals surface area contributed by atoms with Crippen molar-refractivity contribution in [3.8, 4) is 6.07 Å². The summed E-state index contributed by atoms with van der Waals surface area (Å²) in [6, 6.07) is 3.23. The number of nitrogens with zero attached hydrogens (tertiary/aromatic N) is 3. The van der Waals surface area contributed by atoms with Gasteiger partial charge in [-0.3, -0.25) is 19.2 Å². The number of sulfonamides is 1. The molecule has 1 aromatic rings. The summed E-state index contributed by atoms with van der Waals surface area (Å²) in [6.07, 6.45) is -1.32. The molecule has 204 valence electrons. The monoisotopic (exact) mass is 551 g/mol. The van der Waals surface area contributed by atoms with E-state index >= 15 is 0 Å². The molecule has 0 spiro atoms. The molecular formula is C20H34N5O9PS. The lowest BCUT2D eigenvalue weighted by Crippen LogP contribution is -2.42. The molecule has 0 saturated carbocycles. The number of hydrogen-bond acceptors (Lipinski definition) is 11. The van der Waals surface area contributed by atoms with Gasteiger partial charge in [-0.05, 0) is 27.7 Å². The van der Waals surface area contributed by atoms with E-state index in [0.29, 0.717) is 0 Å². The number of methoxy groups -OCH3 is 1. The van der Waals surface area contributed by atoms with Crippen LogP contribution in [0.3, 0.4) is 0 Å². The van der Waals surface area contributed by atoms with Gasteiger partial charge in [0, 0.05) is 31.5 Å². The third-order valence-corrected chi connectivity index (χ3v) is 7.56. The highest BCUT2D eigenvalue weighted by Crippen LogP contribution is 2.50. The molecule has 2 rings (SSSR count). The number of aromatic amines is 1. The number of H-pyrrole nitrogens is 1. The first-order valence-corrected chi connectivity index (χ1v) is 14.2. The lowest BCUT2D eigenvalue weighted by atomic mass is 10.1. The van der Waals surface area contributed by atoms with Crippen molar-refractivity contribution in [3.63, 3.8) is 0 Å². The van der Waals surface area contributed by atoms with Crippen LogP contribution in [0.1, 0.15) is 40.3 Å². The van der Waals surface area contributed by atoms with Crippen molar-refractivity contribution in [2.24, 2.45) is 0 Å². The molecule has 1 fully saturated rings. The van der Waals surface area contributed by atoms with Gasteiger partial charge in [-0.15, -0.1) is 0 Å². The van der Waals surface area contributed by atoms with E-state index in [1.54, 1.807) is 0 Å². The first-order chi connectivity index (χ1) is 16.9. The fraction of sp³-hybridized carbons (Fsp3) is 0.750. The molecule has 36 heavy (non-hydrogen) atoms. The number of rotatable bonds is 14. The van der Waals surface area contributed by atoms with Crippen LogP contribution in [0.2, 0.25) is 0 Å². The minimum atomic E-state index is -3.66. The van der Waals surface area contributed by atoms with Crippen LogP contribution in [0.15, 0.2) is 21.9 Å². The zero-order valence-corrected chi connectivity index (χ0v) is 22.8. The largest absolute Gasteiger partial charge is 0.374 e. The van der Waals surface area contributed by atoms with Gasteiger partial charge in [-0.1, -0.05) is 4.89 Å². The molecule has 0 bridgehead atoms. The van der Waals surface area contributed by atoms with Crippen molar-refractivity contribution >= 4 is 18.5 Å². The van der Waals surface area contributed by atoms with Crippen molar-refractivity contribution in [2.75, 3.05) is 26.6 Å². The first kappa shape index (κ1) is 30.5. The molecule has 0 radical (unpaired) electrons. The lowest BCUT2D eigenvalue weighted by Gasteiger charge is -2.38. The average Bonchev–Trinajstić information content (AvgIpc) is 3.09. The number of nitrogens with one attached hydrogen (secondary N) is 2. The minimum Gasteiger partial charge on any atom is -0.374 e. The van der Waals surface area contributed by atoms with Crippen LogP contribution in [0.5, 0.6) is 0 Å². The topological polar surface area (TPSA) is 174 Å². The molecule has 1 aromatic heterocycles. The maximum Gasteiger partial charge on any atom is 0.330 e. The van der Waals surface area contributed by atoms with Crippen molar-refractivity contribution < 1.29 is 31.8 Å². The molecule has 2 N–H and O–H groups in total. The van der Waals surface area contributed by atoms with E-state index < -0.39 is 54.3 Å². The second-order valence-electron chi connectivity index (χ2n) is 8.57. The Morgan fingerprint density at radius 3 is 2.47 bits per heavy atom. The molecule has 1 aliphatic rings. The minimum absolute atomic E-state index is 0.0146. The van der Waals surface area contributed by atoms with Crippen LogP contribution >= 0.6 is 8.53 Å². The molecule has 1 unspecified atom stereocenters.